The first-order valence-electron chi connectivity index (χ1n) is 5.19. The van der Waals surface area contributed by atoms with Gasteiger partial charge in [-0.1, -0.05) is 0 Å². The Hall–Kier alpha value is -1.20. The number of Topliss-reactive ketones (excluding diaryl/α,β-unsaturated/α-hetero) is 1. The molecule has 0 aliphatic carbocycles. The van der Waals surface area contributed by atoms with Gasteiger partial charge in [-0.15, -0.1) is 0 Å². The molecule has 82 valence electrons. The zero-order valence-corrected chi connectivity index (χ0v) is 8.77. The molecule has 1 unspecified atom stereocenters. The van der Waals surface area contributed by atoms with Crippen molar-refractivity contribution < 1.29 is 9.53 Å². The standard InChI is InChI=1S/C10H15N3O2/c1-2-13-6-8(5-12-13)10(14)9-7-15-4-3-11-9/h5-6,9,11H,2-4,7H2,1H3. The molecule has 0 radical (unpaired) electrons. The van der Waals surface area contributed by atoms with Gasteiger partial charge in [-0.05, 0) is 6.92 Å². The number of aryl methyl sites for hydroxylation is 1. The fraction of sp³-hybridized carbons (Fsp3) is 0.600. The van der Waals surface area contributed by atoms with Crippen LogP contribution in [0.5, 0.6) is 0 Å². The highest BCUT2D eigenvalue weighted by molar-refractivity contribution is 5.99. The highest BCUT2D eigenvalue weighted by Gasteiger charge is 2.23. The van der Waals surface area contributed by atoms with E-state index < -0.39 is 0 Å². The molecule has 1 atom stereocenters. The normalized spacial score (nSPS) is 21.5. The van der Waals surface area contributed by atoms with Gasteiger partial charge in [0.05, 0.1) is 31.0 Å². The lowest BCUT2D eigenvalue weighted by Crippen LogP contribution is -2.46. The summed E-state index contributed by atoms with van der Waals surface area (Å²) >= 11 is 0. The first-order chi connectivity index (χ1) is 7.31. The summed E-state index contributed by atoms with van der Waals surface area (Å²) < 4.78 is 6.99. The summed E-state index contributed by atoms with van der Waals surface area (Å²) in [4.78, 5) is 11.9. The molecule has 1 aromatic heterocycles. The van der Waals surface area contributed by atoms with Crippen LogP contribution in [0.4, 0.5) is 0 Å². The van der Waals surface area contributed by atoms with Crippen LogP contribution < -0.4 is 5.32 Å². The molecule has 1 N–H and O–H groups in total. The maximum atomic E-state index is 11.9. The quantitative estimate of drug-likeness (QED) is 0.716. The summed E-state index contributed by atoms with van der Waals surface area (Å²) in [6, 6.07) is -0.215. The molecule has 5 nitrogen and oxygen atoms in total. The fourth-order valence-corrected chi connectivity index (χ4v) is 1.60. The summed E-state index contributed by atoms with van der Waals surface area (Å²) in [5.74, 6) is 0.0643. The van der Waals surface area contributed by atoms with Crippen LogP contribution in [-0.4, -0.2) is 41.4 Å². The molecule has 0 spiro atoms. The first kappa shape index (κ1) is 10.3. The second-order valence-corrected chi connectivity index (χ2v) is 3.53. The number of carbonyl (C=O) groups excluding carboxylic acids is 1. The van der Waals surface area contributed by atoms with Gasteiger partial charge >= 0.3 is 0 Å². The molecule has 2 heterocycles. The number of nitrogens with zero attached hydrogens (tertiary/aromatic N) is 2. The summed E-state index contributed by atoms with van der Waals surface area (Å²) in [6.07, 6.45) is 3.39. The number of hydrogen-bond acceptors (Lipinski definition) is 4. The van der Waals surface area contributed by atoms with Crippen molar-refractivity contribution >= 4 is 5.78 Å². The minimum Gasteiger partial charge on any atom is -0.378 e. The van der Waals surface area contributed by atoms with Crippen molar-refractivity contribution in [2.24, 2.45) is 0 Å². The van der Waals surface area contributed by atoms with Crippen LogP contribution in [0.2, 0.25) is 0 Å². The maximum Gasteiger partial charge on any atom is 0.185 e. The van der Waals surface area contributed by atoms with E-state index in [1.54, 1.807) is 17.1 Å². The fourth-order valence-electron chi connectivity index (χ4n) is 1.60. The highest BCUT2D eigenvalue weighted by atomic mass is 16.5. The molecule has 1 fully saturated rings. The largest absolute Gasteiger partial charge is 0.378 e. The second-order valence-electron chi connectivity index (χ2n) is 3.53. The minimum absolute atomic E-state index is 0.0643. The van der Waals surface area contributed by atoms with E-state index in [4.69, 9.17) is 4.74 Å². The third kappa shape index (κ3) is 2.24. The molecule has 5 heteroatoms. The average molecular weight is 209 g/mol. The third-order valence-corrected chi connectivity index (χ3v) is 2.48. The predicted molar refractivity (Wildman–Crippen MR) is 54.8 cm³/mol. The Morgan fingerprint density at radius 3 is 3.27 bits per heavy atom. The van der Waals surface area contributed by atoms with Crippen molar-refractivity contribution in [1.82, 2.24) is 15.1 Å². The Kier molecular flexibility index (Phi) is 3.13. The van der Waals surface area contributed by atoms with E-state index in [1.165, 1.54) is 0 Å². The lowest BCUT2D eigenvalue weighted by atomic mass is 10.1. The van der Waals surface area contributed by atoms with E-state index in [1.807, 2.05) is 6.92 Å². The number of ether oxygens (including phenoxy) is 1. The number of carbonyl (C=O) groups is 1. The maximum absolute atomic E-state index is 11.9. The lowest BCUT2D eigenvalue weighted by Gasteiger charge is -2.21. The number of aromatic nitrogens is 2. The SMILES string of the molecule is CCn1cc(C(=O)C2COCCN2)cn1. The highest BCUT2D eigenvalue weighted by Crippen LogP contribution is 2.05. The molecule has 1 aromatic rings. The Morgan fingerprint density at radius 2 is 2.67 bits per heavy atom. The summed E-state index contributed by atoms with van der Waals surface area (Å²) in [6.45, 7) is 4.64. The lowest BCUT2D eigenvalue weighted by molar-refractivity contribution is 0.0607. The van der Waals surface area contributed by atoms with Crippen LogP contribution in [-0.2, 0) is 11.3 Å². The molecular weight excluding hydrogens is 194 g/mol. The number of nitrogens with one attached hydrogen (secondary N) is 1. The van der Waals surface area contributed by atoms with Gasteiger partial charge in [0.25, 0.3) is 0 Å². The van der Waals surface area contributed by atoms with Gasteiger partial charge in [0, 0.05) is 19.3 Å². The van der Waals surface area contributed by atoms with Gasteiger partial charge in [-0.25, -0.2) is 0 Å². The Morgan fingerprint density at radius 1 is 1.80 bits per heavy atom. The van der Waals surface area contributed by atoms with E-state index in [0.29, 0.717) is 18.8 Å². The van der Waals surface area contributed by atoms with E-state index in [2.05, 4.69) is 10.4 Å². The predicted octanol–water partition coefficient (Wildman–Crippen LogP) is 0.0741. The number of morpholine rings is 1. The van der Waals surface area contributed by atoms with Crippen molar-refractivity contribution in [3.05, 3.63) is 18.0 Å². The van der Waals surface area contributed by atoms with Crippen LogP contribution in [0.25, 0.3) is 0 Å². The molecule has 0 amide bonds. The van der Waals surface area contributed by atoms with Gasteiger partial charge in [0.1, 0.15) is 0 Å². The zero-order valence-electron chi connectivity index (χ0n) is 8.77. The van der Waals surface area contributed by atoms with Gasteiger partial charge in [-0.2, -0.15) is 5.10 Å². The van der Waals surface area contributed by atoms with Gasteiger partial charge < -0.3 is 10.1 Å². The summed E-state index contributed by atoms with van der Waals surface area (Å²) in [5.41, 5.74) is 0.653. The van der Waals surface area contributed by atoms with Gasteiger partial charge in [0.15, 0.2) is 5.78 Å². The molecule has 0 aromatic carbocycles. The van der Waals surface area contributed by atoms with Crippen molar-refractivity contribution in [2.75, 3.05) is 19.8 Å². The van der Waals surface area contributed by atoms with E-state index in [-0.39, 0.29) is 11.8 Å². The molecule has 2 rings (SSSR count). The van der Waals surface area contributed by atoms with Crippen molar-refractivity contribution in [1.29, 1.82) is 0 Å². The number of rotatable bonds is 3. The third-order valence-electron chi connectivity index (χ3n) is 2.48. The molecule has 0 saturated carbocycles. The van der Waals surface area contributed by atoms with Gasteiger partial charge in [-0.3, -0.25) is 9.48 Å². The first-order valence-corrected chi connectivity index (χ1v) is 5.19. The van der Waals surface area contributed by atoms with Crippen molar-refractivity contribution in [2.45, 2.75) is 19.5 Å². The minimum atomic E-state index is -0.215. The molecule has 0 bridgehead atoms. The molecular formula is C10H15N3O2. The topological polar surface area (TPSA) is 56.1 Å². The Balaban J connectivity index is 2.05. The van der Waals surface area contributed by atoms with Crippen molar-refractivity contribution in [3.8, 4) is 0 Å². The Bertz CT molecular complexity index is 342. The zero-order chi connectivity index (χ0) is 10.7. The van der Waals surface area contributed by atoms with Crippen molar-refractivity contribution in [3.63, 3.8) is 0 Å². The Labute approximate surface area is 88.4 Å². The molecule has 15 heavy (non-hydrogen) atoms. The van der Waals surface area contributed by atoms with Crippen LogP contribution >= 0.6 is 0 Å². The van der Waals surface area contributed by atoms with Crippen LogP contribution in [0, 0.1) is 0 Å². The van der Waals surface area contributed by atoms with Gasteiger partial charge in [0.2, 0.25) is 0 Å². The van der Waals surface area contributed by atoms with Crippen LogP contribution in [0.1, 0.15) is 17.3 Å². The smallest absolute Gasteiger partial charge is 0.185 e. The van der Waals surface area contributed by atoms with E-state index in [9.17, 15) is 4.79 Å². The molecule has 1 aliphatic rings. The van der Waals surface area contributed by atoms with E-state index >= 15 is 0 Å². The monoisotopic (exact) mass is 209 g/mol. The van der Waals surface area contributed by atoms with Crippen LogP contribution in [0.15, 0.2) is 12.4 Å². The molecule has 1 saturated heterocycles. The summed E-state index contributed by atoms with van der Waals surface area (Å²) in [7, 11) is 0. The molecule has 1 aliphatic heterocycles. The summed E-state index contributed by atoms with van der Waals surface area (Å²) in [5, 5.41) is 7.21. The number of ketones is 1. The van der Waals surface area contributed by atoms with Crippen LogP contribution in [0.3, 0.4) is 0 Å². The average Bonchev–Trinajstić information content (AvgIpc) is 2.78. The van der Waals surface area contributed by atoms with E-state index in [0.717, 1.165) is 13.1 Å². The second kappa shape index (κ2) is 4.55. The number of hydrogen-bond donors (Lipinski definition) is 1.